The zero-order valence-electron chi connectivity index (χ0n) is 15.9. The van der Waals surface area contributed by atoms with Crippen LogP contribution in [0.5, 0.6) is 5.75 Å². The van der Waals surface area contributed by atoms with Crippen molar-refractivity contribution >= 4 is 33.5 Å². The molecule has 4 rings (SSSR count). The molecule has 28 heavy (non-hydrogen) atoms. The lowest BCUT2D eigenvalue weighted by atomic mass is 10.2. The highest BCUT2D eigenvalue weighted by Gasteiger charge is 2.23. The van der Waals surface area contributed by atoms with Gasteiger partial charge in [0, 0.05) is 11.6 Å². The summed E-state index contributed by atoms with van der Waals surface area (Å²) in [6.07, 6.45) is 3.48. The number of carbonyl (C=O) groups is 1. The lowest BCUT2D eigenvalue weighted by Gasteiger charge is -2.31. The normalized spacial score (nSPS) is 15.4. The molecule has 1 N–H and O–H groups in total. The summed E-state index contributed by atoms with van der Waals surface area (Å²) >= 11 is 1.77. The average molecular weight is 395 g/mol. The number of hydrogen-bond donors (Lipinski definition) is 1. The van der Waals surface area contributed by atoms with Crippen LogP contribution in [0, 0.1) is 0 Å². The molecule has 0 unspecified atom stereocenters. The third kappa shape index (κ3) is 4.24. The number of aromatic nitrogens is 1. The maximum atomic E-state index is 12.5. The maximum absolute atomic E-state index is 12.5. The van der Waals surface area contributed by atoms with Crippen molar-refractivity contribution in [3.05, 3.63) is 65.2 Å². The number of thiazole rings is 1. The van der Waals surface area contributed by atoms with Crippen molar-refractivity contribution in [1.29, 1.82) is 0 Å². The Kier molecular flexibility index (Phi) is 5.69. The van der Waals surface area contributed by atoms with Crippen LogP contribution in [0.3, 0.4) is 0 Å². The smallest absolute Gasteiger partial charge is 0.246 e. The van der Waals surface area contributed by atoms with E-state index < -0.39 is 0 Å². The second-order valence-corrected chi connectivity index (χ2v) is 8.02. The first-order valence-electron chi connectivity index (χ1n) is 9.51. The molecule has 0 radical (unpaired) electrons. The number of carbonyl (C=O) groups excluding carboxylic acids is 1. The zero-order chi connectivity index (χ0) is 19.3. The lowest BCUT2D eigenvalue weighted by Crippen LogP contribution is -3.13. The zero-order valence-corrected chi connectivity index (χ0v) is 16.7. The summed E-state index contributed by atoms with van der Waals surface area (Å²) in [5.74, 6) is 0.835. The fraction of sp³-hybridized carbons (Fsp3) is 0.273. The van der Waals surface area contributed by atoms with Gasteiger partial charge in [0.1, 0.15) is 17.3 Å². The van der Waals surface area contributed by atoms with Crippen LogP contribution in [0.4, 0.5) is 0 Å². The van der Waals surface area contributed by atoms with Gasteiger partial charge in [-0.25, -0.2) is 4.98 Å². The number of ether oxygens (including phenoxy) is 1. The molecule has 5 nitrogen and oxygen atoms in total. The summed E-state index contributed by atoms with van der Waals surface area (Å²) in [6.45, 7) is 4.37. The van der Waals surface area contributed by atoms with Gasteiger partial charge in [0.05, 0.1) is 43.5 Å². The molecule has 0 bridgehead atoms. The molecule has 144 valence electrons. The summed E-state index contributed by atoms with van der Waals surface area (Å²) in [5.41, 5.74) is 2.00. The molecule has 1 aliphatic heterocycles. The van der Waals surface area contributed by atoms with Gasteiger partial charge in [-0.05, 0) is 24.3 Å². The van der Waals surface area contributed by atoms with Crippen molar-refractivity contribution in [2.24, 2.45) is 0 Å². The number of piperazine rings is 1. The van der Waals surface area contributed by atoms with Crippen molar-refractivity contribution in [3.8, 4) is 5.75 Å². The van der Waals surface area contributed by atoms with Crippen LogP contribution in [-0.2, 0) is 11.3 Å². The van der Waals surface area contributed by atoms with E-state index in [4.69, 9.17) is 9.72 Å². The third-order valence-electron chi connectivity index (χ3n) is 5.07. The average Bonchev–Trinajstić information content (AvgIpc) is 3.15. The number of methoxy groups -OCH3 is 1. The molecule has 0 spiro atoms. The Labute approximate surface area is 168 Å². The van der Waals surface area contributed by atoms with Gasteiger partial charge in [0.2, 0.25) is 5.91 Å². The van der Waals surface area contributed by atoms with Gasteiger partial charge in [-0.15, -0.1) is 11.3 Å². The number of para-hydroxylation sites is 2. The van der Waals surface area contributed by atoms with Crippen molar-refractivity contribution in [1.82, 2.24) is 9.88 Å². The highest BCUT2D eigenvalue weighted by molar-refractivity contribution is 7.18. The summed E-state index contributed by atoms with van der Waals surface area (Å²) in [7, 11) is 1.64. The highest BCUT2D eigenvalue weighted by atomic mass is 32.1. The van der Waals surface area contributed by atoms with Gasteiger partial charge < -0.3 is 14.5 Å². The minimum Gasteiger partial charge on any atom is -0.496 e. The molecule has 2 aromatic carbocycles. The topological polar surface area (TPSA) is 46.9 Å². The first-order valence-corrected chi connectivity index (χ1v) is 10.3. The SMILES string of the molecule is COc1ccccc1/C=C/C(=O)N1CC[NH+](Cc2nc3ccccc3s2)CC1. The summed E-state index contributed by atoms with van der Waals surface area (Å²) in [4.78, 5) is 20.7. The van der Waals surface area contributed by atoms with E-state index in [0.717, 1.165) is 49.6 Å². The van der Waals surface area contributed by atoms with E-state index in [2.05, 4.69) is 18.2 Å². The molecule has 0 saturated carbocycles. The number of fused-ring (bicyclic) bond motifs is 1. The van der Waals surface area contributed by atoms with E-state index >= 15 is 0 Å². The summed E-state index contributed by atoms with van der Waals surface area (Å²) < 4.78 is 6.57. The van der Waals surface area contributed by atoms with E-state index in [0.29, 0.717) is 0 Å². The maximum Gasteiger partial charge on any atom is 0.246 e. The molecule has 3 aromatic rings. The van der Waals surface area contributed by atoms with E-state index in [1.165, 1.54) is 14.6 Å². The number of benzene rings is 2. The van der Waals surface area contributed by atoms with Crippen LogP contribution in [0.25, 0.3) is 16.3 Å². The van der Waals surface area contributed by atoms with Gasteiger partial charge in [-0.2, -0.15) is 0 Å². The predicted molar refractivity (Wildman–Crippen MR) is 113 cm³/mol. The molecule has 1 saturated heterocycles. The summed E-state index contributed by atoms with van der Waals surface area (Å²) in [6, 6.07) is 16.0. The fourth-order valence-electron chi connectivity index (χ4n) is 3.50. The molecule has 0 aliphatic carbocycles. The molecule has 1 aliphatic rings. The Morgan fingerprint density at radius 3 is 2.71 bits per heavy atom. The van der Waals surface area contributed by atoms with Crippen molar-refractivity contribution in [2.75, 3.05) is 33.3 Å². The second-order valence-electron chi connectivity index (χ2n) is 6.90. The Hall–Kier alpha value is -2.70. The molecule has 1 amide bonds. The molecule has 0 atom stereocenters. The Bertz CT molecular complexity index is 957. The van der Waals surface area contributed by atoms with Crippen LogP contribution in [0.2, 0.25) is 0 Å². The number of nitrogens with one attached hydrogen (secondary N) is 1. The van der Waals surface area contributed by atoms with Crippen LogP contribution < -0.4 is 9.64 Å². The van der Waals surface area contributed by atoms with Crippen LogP contribution in [0.1, 0.15) is 10.6 Å². The predicted octanol–water partition coefficient (Wildman–Crippen LogP) is 2.25. The largest absolute Gasteiger partial charge is 0.496 e. The highest BCUT2D eigenvalue weighted by Crippen LogP contribution is 2.21. The molecule has 6 heteroatoms. The van der Waals surface area contributed by atoms with Gasteiger partial charge in [-0.1, -0.05) is 30.3 Å². The molecular formula is C22H24N3O2S+. The van der Waals surface area contributed by atoms with Gasteiger partial charge in [-0.3, -0.25) is 4.79 Å². The van der Waals surface area contributed by atoms with Gasteiger partial charge >= 0.3 is 0 Å². The van der Waals surface area contributed by atoms with E-state index in [1.807, 2.05) is 41.3 Å². The van der Waals surface area contributed by atoms with Crippen LogP contribution in [-0.4, -0.2) is 49.1 Å². The van der Waals surface area contributed by atoms with Crippen LogP contribution >= 0.6 is 11.3 Å². The number of rotatable bonds is 5. The third-order valence-corrected chi connectivity index (χ3v) is 6.10. The van der Waals surface area contributed by atoms with Crippen LogP contribution in [0.15, 0.2) is 54.6 Å². The standard InChI is InChI=1S/C22H23N3O2S/c1-27-19-8-4-2-6-17(19)10-11-22(26)25-14-12-24(13-15-25)16-21-23-18-7-3-5-9-20(18)28-21/h2-11H,12-16H2,1H3/p+1/b11-10+. The Morgan fingerprint density at radius 2 is 1.93 bits per heavy atom. The number of quaternary nitrogens is 1. The lowest BCUT2D eigenvalue weighted by molar-refractivity contribution is -0.917. The summed E-state index contributed by atoms with van der Waals surface area (Å²) in [5, 5.41) is 1.17. The Balaban J connectivity index is 1.32. The molecule has 1 fully saturated rings. The number of amides is 1. The van der Waals surface area contributed by atoms with E-state index in [9.17, 15) is 4.79 Å². The molecule has 2 heterocycles. The van der Waals surface area contributed by atoms with Crippen molar-refractivity contribution in [3.63, 3.8) is 0 Å². The van der Waals surface area contributed by atoms with E-state index in [1.54, 1.807) is 24.5 Å². The number of nitrogens with zero attached hydrogens (tertiary/aromatic N) is 2. The first kappa shape index (κ1) is 18.7. The fourth-order valence-corrected chi connectivity index (χ4v) is 4.54. The molecule has 1 aromatic heterocycles. The quantitative estimate of drug-likeness (QED) is 0.675. The minimum atomic E-state index is 0.0601. The van der Waals surface area contributed by atoms with Gasteiger partial charge in [0.25, 0.3) is 0 Å². The number of hydrogen-bond acceptors (Lipinski definition) is 4. The van der Waals surface area contributed by atoms with E-state index in [-0.39, 0.29) is 5.91 Å². The molecular weight excluding hydrogens is 370 g/mol. The first-order chi connectivity index (χ1) is 13.7. The second kappa shape index (κ2) is 8.54. The Morgan fingerprint density at radius 1 is 1.18 bits per heavy atom. The monoisotopic (exact) mass is 394 g/mol. The van der Waals surface area contributed by atoms with Crippen molar-refractivity contribution < 1.29 is 14.4 Å². The minimum absolute atomic E-state index is 0.0601. The van der Waals surface area contributed by atoms with Crippen molar-refractivity contribution in [2.45, 2.75) is 6.54 Å². The van der Waals surface area contributed by atoms with Gasteiger partial charge in [0.15, 0.2) is 0 Å².